The summed E-state index contributed by atoms with van der Waals surface area (Å²) in [5.74, 6) is -2.41. The monoisotopic (exact) mass is 375 g/mol. The van der Waals surface area contributed by atoms with E-state index in [1.807, 2.05) is 0 Å². The third kappa shape index (κ3) is 3.58. The number of carbonyl (C=O) groups excluding carboxylic acids is 3. The number of Topliss-reactive ketones (excluding diaryl/α,β-unsaturated/α-hetero) is 1. The van der Waals surface area contributed by atoms with E-state index in [0.29, 0.717) is 16.4 Å². The van der Waals surface area contributed by atoms with Crippen molar-refractivity contribution in [3.05, 3.63) is 58.9 Å². The summed E-state index contributed by atoms with van der Waals surface area (Å²) in [6.45, 7) is -0.0150. The highest BCUT2D eigenvalue weighted by molar-refractivity contribution is 6.52. The summed E-state index contributed by atoms with van der Waals surface area (Å²) >= 11 is 6.00. The molecule has 0 aliphatic carbocycles. The van der Waals surface area contributed by atoms with Gasteiger partial charge in [0.15, 0.2) is 0 Å². The Hall–Kier alpha value is -2.77. The molecule has 0 bridgehead atoms. The van der Waals surface area contributed by atoms with Gasteiger partial charge in [-0.3, -0.25) is 24.2 Å². The Morgan fingerprint density at radius 2 is 1.96 bits per heavy atom. The molecule has 6 nitrogen and oxygen atoms in total. The van der Waals surface area contributed by atoms with E-state index in [0.717, 1.165) is 6.07 Å². The van der Waals surface area contributed by atoms with Crippen LogP contribution in [0.1, 0.15) is 10.4 Å². The van der Waals surface area contributed by atoms with Crippen molar-refractivity contribution in [3.63, 3.8) is 0 Å². The normalized spacial score (nSPS) is 13.3. The number of nitrogens with zero attached hydrogens (tertiary/aromatic N) is 2. The molecule has 0 atom stereocenters. The summed E-state index contributed by atoms with van der Waals surface area (Å²) in [5, 5.41) is 3.10. The Morgan fingerprint density at radius 1 is 1.23 bits per heavy atom. The number of benzene rings is 2. The average Bonchev–Trinajstić information content (AvgIpc) is 2.81. The first-order valence-electron chi connectivity index (χ1n) is 7.75. The number of rotatable bonds is 5. The van der Waals surface area contributed by atoms with E-state index in [1.165, 1.54) is 17.0 Å². The van der Waals surface area contributed by atoms with Crippen LogP contribution in [0.4, 0.5) is 15.8 Å². The lowest BCUT2D eigenvalue weighted by atomic mass is 10.1. The van der Waals surface area contributed by atoms with E-state index < -0.39 is 17.5 Å². The second kappa shape index (κ2) is 7.23. The third-order valence-corrected chi connectivity index (χ3v) is 4.21. The number of likely N-dealkylation sites (N-methyl/N-ethyl adjacent to an activating group) is 1. The standard InChI is InChI=1S/C18H15ClFN3O3/c1-22(9-16(24)21-14-5-3-2-4-13(14)19)10-23-15-7-6-11(20)8-12(15)17(25)18(23)26/h2-8H,9-10H2,1H3,(H,21,24). The van der Waals surface area contributed by atoms with Gasteiger partial charge in [-0.05, 0) is 37.4 Å². The van der Waals surface area contributed by atoms with E-state index in [9.17, 15) is 18.8 Å². The maximum Gasteiger partial charge on any atom is 0.300 e. The summed E-state index contributed by atoms with van der Waals surface area (Å²) < 4.78 is 13.3. The van der Waals surface area contributed by atoms with Crippen LogP contribution in [0.2, 0.25) is 5.02 Å². The third-order valence-electron chi connectivity index (χ3n) is 3.88. The van der Waals surface area contributed by atoms with Crippen molar-refractivity contribution in [2.24, 2.45) is 0 Å². The van der Waals surface area contributed by atoms with Gasteiger partial charge in [0.25, 0.3) is 5.78 Å². The predicted molar refractivity (Wildman–Crippen MR) is 95.8 cm³/mol. The Bertz CT molecular complexity index is 903. The van der Waals surface area contributed by atoms with Crippen LogP contribution in [0.3, 0.4) is 0 Å². The van der Waals surface area contributed by atoms with E-state index in [1.54, 1.807) is 36.2 Å². The zero-order valence-corrected chi connectivity index (χ0v) is 14.6. The molecule has 1 heterocycles. The van der Waals surface area contributed by atoms with Gasteiger partial charge in [0, 0.05) is 0 Å². The number of nitrogens with one attached hydrogen (secondary N) is 1. The molecule has 1 aliphatic rings. The van der Waals surface area contributed by atoms with Gasteiger partial charge >= 0.3 is 5.91 Å². The van der Waals surface area contributed by atoms with Crippen molar-refractivity contribution in [3.8, 4) is 0 Å². The van der Waals surface area contributed by atoms with Gasteiger partial charge in [0.1, 0.15) is 5.82 Å². The first-order valence-corrected chi connectivity index (χ1v) is 8.13. The molecule has 0 saturated carbocycles. The van der Waals surface area contributed by atoms with Crippen molar-refractivity contribution >= 4 is 40.6 Å². The quantitative estimate of drug-likeness (QED) is 0.815. The Kier molecular flexibility index (Phi) is 5.01. The highest BCUT2D eigenvalue weighted by Crippen LogP contribution is 2.29. The number of para-hydroxylation sites is 1. The number of fused-ring (bicyclic) bond motifs is 1. The number of carbonyl (C=O) groups is 3. The largest absolute Gasteiger partial charge is 0.324 e. The number of anilines is 2. The van der Waals surface area contributed by atoms with Gasteiger partial charge in [0.2, 0.25) is 5.91 Å². The molecule has 2 aromatic carbocycles. The van der Waals surface area contributed by atoms with Crippen molar-refractivity contribution in [1.29, 1.82) is 0 Å². The highest BCUT2D eigenvalue weighted by atomic mass is 35.5. The number of hydrogen-bond acceptors (Lipinski definition) is 4. The molecule has 0 fully saturated rings. The van der Waals surface area contributed by atoms with Crippen LogP contribution in [0, 0.1) is 5.82 Å². The van der Waals surface area contributed by atoms with Gasteiger partial charge in [-0.2, -0.15) is 0 Å². The summed E-state index contributed by atoms with van der Waals surface area (Å²) in [7, 11) is 1.63. The second-order valence-electron chi connectivity index (χ2n) is 5.91. The van der Waals surface area contributed by atoms with Crippen LogP contribution in [-0.4, -0.2) is 42.8 Å². The Labute approximate surface area is 154 Å². The molecule has 0 unspecified atom stereocenters. The Morgan fingerprint density at radius 3 is 2.69 bits per heavy atom. The van der Waals surface area contributed by atoms with Crippen LogP contribution < -0.4 is 10.2 Å². The predicted octanol–water partition coefficient (Wildman–Crippen LogP) is 2.54. The fraction of sp³-hybridized carbons (Fsp3) is 0.167. The minimum absolute atomic E-state index is 0.0130. The van der Waals surface area contributed by atoms with Gasteiger partial charge in [-0.1, -0.05) is 23.7 Å². The number of halogens is 2. The van der Waals surface area contributed by atoms with Crippen LogP contribution in [-0.2, 0) is 9.59 Å². The van der Waals surface area contributed by atoms with Crippen molar-refractivity contribution < 1.29 is 18.8 Å². The first-order chi connectivity index (χ1) is 12.4. The molecule has 8 heteroatoms. The van der Waals surface area contributed by atoms with Crippen molar-refractivity contribution in [2.45, 2.75) is 0 Å². The molecule has 134 valence electrons. The van der Waals surface area contributed by atoms with Gasteiger partial charge in [-0.25, -0.2) is 4.39 Å². The molecule has 0 saturated heterocycles. The van der Waals surface area contributed by atoms with Gasteiger partial charge < -0.3 is 5.32 Å². The minimum atomic E-state index is -0.756. The average molecular weight is 376 g/mol. The highest BCUT2D eigenvalue weighted by Gasteiger charge is 2.36. The molecular formula is C18H15ClFN3O3. The molecule has 0 spiro atoms. The van der Waals surface area contributed by atoms with Crippen LogP contribution in [0.5, 0.6) is 0 Å². The lowest BCUT2D eigenvalue weighted by Gasteiger charge is -2.24. The van der Waals surface area contributed by atoms with Crippen LogP contribution in [0.15, 0.2) is 42.5 Å². The van der Waals surface area contributed by atoms with Crippen molar-refractivity contribution in [1.82, 2.24) is 4.90 Å². The molecule has 0 aromatic heterocycles. The molecule has 26 heavy (non-hydrogen) atoms. The summed E-state index contributed by atoms with van der Waals surface area (Å²) in [6, 6.07) is 10.4. The number of amides is 2. The molecule has 2 amide bonds. The first kappa shape index (κ1) is 18.0. The maximum absolute atomic E-state index is 13.3. The molecule has 1 N–H and O–H groups in total. The van der Waals surface area contributed by atoms with E-state index >= 15 is 0 Å². The maximum atomic E-state index is 13.3. The smallest absolute Gasteiger partial charge is 0.300 e. The lowest BCUT2D eigenvalue weighted by molar-refractivity contribution is -0.118. The fourth-order valence-electron chi connectivity index (χ4n) is 2.70. The molecule has 3 rings (SSSR count). The zero-order chi connectivity index (χ0) is 18.8. The molecule has 2 aromatic rings. The zero-order valence-electron chi connectivity index (χ0n) is 13.8. The topological polar surface area (TPSA) is 69.7 Å². The second-order valence-corrected chi connectivity index (χ2v) is 6.31. The molecule has 0 radical (unpaired) electrons. The van der Waals surface area contributed by atoms with E-state index in [4.69, 9.17) is 11.6 Å². The summed E-state index contributed by atoms with van der Waals surface area (Å²) in [4.78, 5) is 39.1. The van der Waals surface area contributed by atoms with E-state index in [2.05, 4.69) is 5.32 Å². The van der Waals surface area contributed by atoms with Crippen molar-refractivity contribution in [2.75, 3.05) is 30.5 Å². The van der Waals surface area contributed by atoms with Gasteiger partial charge in [-0.15, -0.1) is 0 Å². The van der Waals surface area contributed by atoms with E-state index in [-0.39, 0.29) is 24.7 Å². The number of hydrogen-bond donors (Lipinski definition) is 1. The van der Waals surface area contributed by atoms with Crippen LogP contribution in [0.25, 0.3) is 0 Å². The minimum Gasteiger partial charge on any atom is -0.324 e. The van der Waals surface area contributed by atoms with Gasteiger partial charge in [0.05, 0.1) is 35.2 Å². The fourth-order valence-corrected chi connectivity index (χ4v) is 2.88. The lowest BCUT2D eigenvalue weighted by Crippen LogP contribution is -2.42. The molecular weight excluding hydrogens is 361 g/mol. The summed E-state index contributed by atoms with van der Waals surface area (Å²) in [5.41, 5.74) is 0.851. The SMILES string of the molecule is CN(CC(=O)Nc1ccccc1Cl)CN1C(=O)C(=O)c2cc(F)ccc21. The summed E-state index contributed by atoms with van der Waals surface area (Å²) in [6.07, 6.45) is 0. The Balaban J connectivity index is 1.66. The van der Waals surface area contributed by atoms with Crippen LogP contribution >= 0.6 is 11.6 Å². The molecule has 1 aliphatic heterocycles. The number of ketones is 1.